The van der Waals surface area contributed by atoms with Crippen LogP contribution in [0.5, 0.6) is 0 Å². The number of hydrogen-bond donors (Lipinski definition) is 0. The molecular formula is C24H22ClN3O3. The number of Topliss-reactive ketones (excluding diaryl/α,β-unsaturated/α-hetero) is 2. The Balaban J connectivity index is 1.59. The molecule has 0 amide bonds. The van der Waals surface area contributed by atoms with Gasteiger partial charge in [0.25, 0.3) is 0 Å². The van der Waals surface area contributed by atoms with Gasteiger partial charge in [0.05, 0.1) is 11.9 Å². The maximum Gasteiger partial charge on any atom is 0.228 e. The molecule has 0 saturated carbocycles. The van der Waals surface area contributed by atoms with E-state index in [-0.39, 0.29) is 23.9 Å². The maximum absolute atomic E-state index is 13.1. The van der Waals surface area contributed by atoms with Crippen molar-refractivity contribution in [2.45, 2.75) is 33.3 Å². The predicted octanol–water partition coefficient (Wildman–Crippen LogP) is 5.21. The number of fused-ring (bicyclic) bond motifs is 1. The van der Waals surface area contributed by atoms with Crippen LogP contribution in [-0.2, 0) is 11.3 Å². The van der Waals surface area contributed by atoms with Gasteiger partial charge in [-0.3, -0.25) is 9.59 Å². The van der Waals surface area contributed by atoms with Crippen molar-refractivity contribution in [1.29, 1.82) is 0 Å². The zero-order valence-corrected chi connectivity index (χ0v) is 18.1. The number of halogens is 1. The second-order valence-corrected chi connectivity index (χ2v) is 8.30. The Hall–Kier alpha value is -3.25. The molecule has 0 atom stereocenters. The van der Waals surface area contributed by atoms with Crippen LogP contribution >= 0.6 is 11.6 Å². The minimum atomic E-state index is -0.267. The van der Waals surface area contributed by atoms with Crippen LogP contribution in [0.1, 0.15) is 53.1 Å². The number of carbonyl (C=O) groups excluding carboxylic acids is 2. The van der Waals surface area contributed by atoms with Gasteiger partial charge in [-0.2, -0.15) is 0 Å². The van der Waals surface area contributed by atoms with Crippen molar-refractivity contribution in [3.8, 4) is 5.69 Å². The molecule has 0 aliphatic heterocycles. The first-order valence-corrected chi connectivity index (χ1v) is 10.5. The average Bonchev–Trinajstić information content (AvgIpc) is 3.23. The van der Waals surface area contributed by atoms with Gasteiger partial charge in [0.1, 0.15) is 12.3 Å². The molecular weight excluding hydrogens is 414 g/mol. The van der Waals surface area contributed by atoms with Gasteiger partial charge >= 0.3 is 0 Å². The molecule has 1 aliphatic carbocycles. The molecule has 0 spiro atoms. The molecule has 1 aromatic heterocycles. The third-order valence-corrected chi connectivity index (χ3v) is 5.36. The molecule has 0 bridgehead atoms. The van der Waals surface area contributed by atoms with E-state index in [1.807, 2.05) is 12.1 Å². The van der Waals surface area contributed by atoms with Crippen LogP contribution in [0.25, 0.3) is 5.69 Å². The normalized spacial score (nSPS) is 13.7. The quantitative estimate of drug-likeness (QED) is 0.509. The lowest BCUT2D eigenvalue weighted by Gasteiger charge is -2.21. The molecule has 0 fully saturated rings. The summed E-state index contributed by atoms with van der Waals surface area (Å²) in [6, 6.07) is 14.1. The van der Waals surface area contributed by atoms with Crippen LogP contribution in [0, 0.1) is 5.92 Å². The van der Waals surface area contributed by atoms with E-state index in [9.17, 15) is 9.59 Å². The lowest BCUT2D eigenvalue weighted by atomic mass is 9.85. The molecule has 0 N–H and O–H groups in total. The van der Waals surface area contributed by atoms with Gasteiger partial charge in [-0.1, -0.05) is 61.0 Å². The molecule has 0 unspecified atom stereocenters. The van der Waals surface area contributed by atoms with Gasteiger partial charge in [0, 0.05) is 21.7 Å². The summed E-state index contributed by atoms with van der Waals surface area (Å²) >= 11 is 6.04. The SMILES string of the molecule is CC(C)CCC1=C(OCc2cn(-c3cccc(Cl)c3)nn2)C(=O)c2ccccc2C1=O. The Labute approximate surface area is 185 Å². The summed E-state index contributed by atoms with van der Waals surface area (Å²) < 4.78 is 7.48. The lowest BCUT2D eigenvalue weighted by molar-refractivity contribution is 0.0851. The number of hydrogen-bond acceptors (Lipinski definition) is 5. The van der Waals surface area contributed by atoms with Gasteiger partial charge < -0.3 is 4.74 Å². The summed E-state index contributed by atoms with van der Waals surface area (Å²) in [4.78, 5) is 26.2. The fraction of sp³-hybridized carbons (Fsp3) is 0.250. The summed E-state index contributed by atoms with van der Waals surface area (Å²) in [6.07, 6.45) is 2.98. The smallest absolute Gasteiger partial charge is 0.228 e. The minimum Gasteiger partial charge on any atom is -0.483 e. The number of ether oxygens (including phenoxy) is 1. The summed E-state index contributed by atoms with van der Waals surface area (Å²) in [5, 5.41) is 8.81. The molecule has 158 valence electrons. The van der Waals surface area contributed by atoms with Crippen molar-refractivity contribution in [3.63, 3.8) is 0 Å². The van der Waals surface area contributed by atoms with Gasteiger partial charge in [-0.15, -0.1) is 5.10 Å². The maximum atomic E-state index is 13.1. The van der Waals surface area contributed by atoms with Crippen molar-refractivity contribution in [2.75, 3.05) is 0 Å². The molecule has 6 nitrogen and oxygen atoms in total. The van der Waals surface area contributed by atoms with Gasteiger partial charge in [-0.25, -0.2) is 4.68 Å². The van der Waals surface area contributed by atoms with E-state index in [1.165, 1.54) is 0 Å². The largest absolute Gasteiger partial charge is 0.483 e. The summed E-state index contributed by atoms with van der Waals surface area (Å²) in [5.74, 6) is 0.0951. The Bertz CT molecular complexity index is 1180. The number of aromatic nitrogens is 3. The second kappa shape index (κ2) is 8.86. The lowest BCUT2D eigenvalue weighted by Crippen LogP contribution is -2.24. The number of rotatable bonds is 7. The molecule has 1 heterocycles. The summed E-state index contributed by atoms with van der Waals surface area (Å²) in [5.41, 5.74) is 2.54. The Morgan fingerprint density at radius 1 is 1.03 bits per heavy atom. The highest BCUT2D eigenvalue weighted by Crippen LogP contribution is 2.31. The average molecular weight is 436 g/mol. The third-order valence-electron chi connectivity index (χ3n) is 5.12. The van der Waals surface area contributed by atoms with Gasteiger partial charge in [0.15, 0.2) is 11.5 Å². The number of ketones is 2. The molecule has 7 heteroatoms. The van der Waals surface area contributed by atoms with Crippen LogP contribution in [0.4, 0.5) is 0 Å². The van der Waals surface area contributed by atoms with Gasteiger partial charge in [0.2, 0.25) is 5.78 Å². The van der Waals surface area contributed by atoms with E-state index in [2.05, 4.69) is 24.2 Å². The third kappa shape index (κ3) is 4.44. The highest BCUT2D eigenvalue weighted by atomic mass is 35.5. The van der Waals surface area contributed by atoms with Crippen molar-refractivity contribution in [1.82, 2.24) is 15.0 Å². The second-order valence-electron chi connectivity index (χ2n) is 7.87. The molecule has 31 heavy (non-hydrogen) atoms. The van der Waals surface area contributed by atoms with E-state index in [4.69, 9.17) is 16.3 Å². The highest BCUT2D eigenvalue weighted by Gasteiger charge is 2.33. The van der Waals surface area contributed by atoms with Crippen LogP contribution in [0.3, 0.4) is 0 Å². The first-order chi connectivity index (χ1) is 14.9. The van der Waals surface area contributed by atoms with Crippen LogP contribution in [0.2, 0.25) is 5.02 Å². The fourth-order valence-electron chi connectivity index (χ4n) is 3.47. The molecule has 3 aromatic rings. The van der Waals surface area contributed by atoms with Gasteiger partial charge in [-0.05, 0) is 37.0 Å². The molecule has 2 aromatic carbocycles. The van der Waals surface area contributed by atoms with Crippen LogP contribution < -0.4 is 0 Å². The molecule has 1 aliphatic rings. The zero-order valence-electron chi connectivity index (χ0n) is 17.3. The van der Waals surface area contributed by atoms with Crippen molar-refractivity contribution < 1.29 is 14.3 Å². The van der Waals surface area contributed by atoms with E-state index in [1.54, 1.807) is 47.3 Å². The van der Waals surface area contributed by atoms with Crippen molar-refractivity contribution in [2.24, 2.45) is 5.92 Å². The van der Waals surface area contributed by atoms with Crippen LogP contribution in [-0.4, -0.2) is 26.6 Å². The summed E-state index contributed by atoms with van der Waals surface area (Å²) in [7, 11) is 0. The number of carbonyl (C=O) groups is 2. The Morgan fingerprint density at radius 2 is 1.77 bits per heavy atom. The highest BCUT2D eigenvalue weighted by molar-refractivity contribution is 6.30. The first kappa shape index (κ1) is 21.0. The predicted molar refractivity (Wildman–Crippen MR) is 117 cm³/mol. The first-order valence-electron chi connectivity index (χ1n) is 10.2. The number of nitrogens with zero attached hydrogens (tertiary/aromatic N) is 3. The van der Waals surface area contributed by atoms with E-state index >= 15 is 0 Å². The van der Waals surface area contributed by atoms with Crippen molar-refractivity contribution >= 4 is 23.2 Å². The standard InChI is InChI=1S/C24H22ClN3O3/c1-15(2)10-11-21-22(29)19-8-3-4-9-20(19)23(30)24(21)31-14-17-13-28(27-26-17)18-7-5-6-16(25)12-18/h3-9,12-13,15H,10-11,14H2,1-2H3. The monoisotopic (exact) mass is 435 g/mol. The minimum absolute atomic E-state index is 0.0300. The van der Waals surface area contributed by atoms with E-state index in [0.29, 0.717) is 39.8 Å². The Kier molecular flexibility index (Phi) is 6.00. The number of benzene rings is 2. The molecule has 0 radical (unpaired) electrons. The summed E-state index contributed by atoms with van der Waals surface area (Å²) in [6.45, 7) is 4.19. The van der Waals surface area contributed by atoms with E-state index in [0.717, 1.165) is 12.1 Å². The topological polar surface area (TPSA) is 74.1 Å². The molecule has 4 rings (SSSR count). The fourth-order valence-corrected chi connectivity index (χ4v) is 3.66. The van der Waals surface area contributed by atoms with Crippen molar-refractivity contribution in [3.05, 3.63) is 87.9 Å². The zero-order chi connectivity index (χ0) is 22.0. The Morgan fingerprint density at radius 3 is 2.48 bits per heavy atom. The van der Waals surface area contributed by atoms with E-state index < -0.39 is 0 Å². The van der Waals surface area contributed by atoms with Crippen LogP contribution in [0.15, 0.2) is 66.1 Å². The molecule has 0 saturated heterocycles. The number of allylic oxidation sites excluding steroid dienone is 2.